The molecule has 1 aliphatic rings. The van der Waals surface area contributed by atoms with Gasteiger partial charge < -0.3 is 19.4 Å². The van der Waals surface area contributed by atoms with Crippen LogP contribution in [0, 0.1) is 0 Å². The summed E-state index contributed by atoms with van der Waals surface area (Å²) in [4.78, 5) is 24.5. The lowest BCUT2D eigenvalue weighted by Gasteiger charge is -2.17. The Morgan fingerprint density at radius 1 is 1.42 bits per heavy atom. The van der Waals surface area contributed by atoms with Gasteiger partial charge in [-0.15, -0.1) is 0 Å². The topological polar surface area (TPSA) is 69.6 Å². The van der Waals surface area contributed by atoms with Gasteiger partial charge in [0.1, 0.15) is 6.04 Å². The number of esters is 1. The lowest BCUT2D eigenvalue weighted by molar-refractivity contribution is -0.124. The van der Waals surface area contributed by atoms with Crippen molar-refractivity contribution in [1.82, 2.24) is 9.88 Å². The van der Waals surface area contributed by atoms with Crippen LogP contribution in [-0.2, 0) is 14.3 Å². The third-order valence-corrected chi connectivity index (χ3v) is 4.47. The first-order chi connectivity index (χ1) is 11.6. The summed E-state index contributed by atoms with van der Waals surface area (Å²) in [5, 5.41) is 3.72. The molecule has 1 N–H and O–H groups in total. The van der Waals surface area contributed by atoms with Crippen LogP contribution < -0.4 is 5.32 Å². The molecule has 6 heteroatoms. The highest BCUT2D eigenvalue weighted by atomic mass is 16.5. The zero-order valence-corrected chi connectivity index (χ0v) is 14.0. The van der Waals surface area contributed by atoms with Crippen LogP contribution in [0.15, 0.2) is 30.5 Å². The molecule has 1 aromatic carbocycles. The number of fused-ring (bicyclic) bond motifs is 1. The molecule has 0 saturated carbocycles. The standard InChI is InChI=1S/C18H22N2O4/c1-12(17(21)19-10-13-6-5-9-24-13)20-11-15(18(22)23-2)14-7-3-4-8-16(14)20/h3-4,7-8,11-13H,5-6,9-10H2,1-2H3,(H,19,21)/t12-,13+/m1/s1. The Morgan fingerprint density at radius 2 is 2.21 bits per heavy atom. The highest BCUT2D eigenvalue weighted by Gasteiger charge is 2.23. The van der Waals surface area contributed by atoms with E-state index >= 15 is 0 Å². The van der Waals surface area contributed by atoms with E-state index in [-0.39, 0.29) is 12.0 Å². The molecular formula is C18H22N2O4. The van der Waals surface area contributed by atoms with Gasteiger partial charge in [0, 0.05) is 30.3 Å². The van der Waals surface area contributed by atoms with E-state index in [0.29, 0.717) is 12.1 Å². The maximum Gasteiger partial charge on any atom is 0.340 e. The van der Waals surface area contributed by atoms with Gasteiger partial charge in [-0.3, -0.25) is 4.79 Å². The maximum absolute atomic E-state index is 12.5. The number of hydrogen-bond donors (Lipinski definition) is 1. The predicted octanol–water partition coefficient (Wildman–Crippen LogP) is 2.28. The van der Waals surface area contributed by atoms with Crippen molar-refractivity contribution in [2.75, 3.05) is 20.3 Å². The molecule has 0 unspecified atom stereocenters. The lowest BCUT2D eigenvalue weighted by atomic mass is 10.2. The zero-order valence-electron chi connectivity index (χ0n) is 14.0. The van der Waals surface area contributed by atoms with E-state index in [4.69, 9.17) is 9.47 Å². The van der Waals surface area contributed by atoms with E-state index < -0.39 is 12.0 Å². The fraction of sp³-hybridized carbons (Fsp3) is 0.444. The van der Waals surface area contributed by atoms with Gasteiger partial charge >= 0.3 is 5.97 Å². The van der Waals surface area contributed by atoms with Crippen LogP contribution in [0.25, 0.3) is 10.9 Å². The monoisotopic (exact) mass is 330 g/mol. The van der Waals surface area contributed by atoms with Crippen molar-refractivity contribution in [3.8, 4) is 0 Å². The van der Waals surface area contributed by atoms with Crippen LogP contribution in [0.1, 0.15) is 36.2 Å². The number of carbonyl (C=O) groups is 2. The second-order valence-corrected chi connectivity index (χ2v) is 6.01. The van der Waals surface area contributed by atoms with E-state index in [1.165, 1.54) is 7.11 Å². The fourth-order valence-corrected chi connectivity index (χ4v) is 3.09. The smallest absolute Gasteiger partial charge is 0.340 e. The average Bonchev–Trinajstić information content (AvgIpc) is 3.26. The Hall–Kier alpha value is -2.34. The Balaban J connectivity index is 1.82. The first-order valence-corrected chi connectivity index (χ1v) is 8.19. The van der Waals surface area contributed by atoms with Gasteiger partial charge in [-0.05, 0) is 25.8 Å². The third kappa shape index (κ3) is 3.14. The number of amides is 1. The number of aromatic nitrogens is 1. The molecule has 0 bridgehead atoms. The van der Waals surface area contributed by atoms with E-state index in [1.807, 2.05) is 35.8 Å². The molecule has 0 radical (unpaired) electrons. The summed E-state index contributed by atoms with van der Waals surface area (Å²) in [6, 6.07) is 7.06. The molecule has 2 heterocycles. The Bertz CT molecular complexity index is 747. The van der Waals surface area contributed by atoms with Gasteiger partial charge in [0.05, 0.1) is 18.8 Å². The highest BCUT2D eigenvalue weighted by Crippen LogP contribution is 2.25. The molecular weight excluding hydrogens is 308 g/mol. The molecule has 128 valence electrons. The van der Waals surface area contributed by atoms with E-state index in [0.717, 1.165) is 30.4 Å². The van der Waals surface area contributed by atoms with Crippen molar-refractivity contribution < 1.29 is 19.1 Å². The molecule has 3 rings (SSSR count). The molecule has 6 nitrogen and oxygen atoms in total. The van der Waals surface area contributed by atoms with Crippen molar-refractivity contribution >= 4 is 22.8 Å². The summed E-state index contributed by atoms with van der Waals surface area (Å²) in [6.07, 6.45) is 3.81. The van der Waals surface area contributed by atoms with Gasteiger partial charge in [-0.2, -0.15) is 0 Å². The number of ether oxygens (including phenoxy) is 2. The van der Waals surface area contributed by atoms with Gasteiger partial charge in [0.15, 0.2) is 0 Å². The van der Waals surface area contributed by atoms with Crippen molar-refractivity contribution in [3.05, 3.63) is 36.0 Å². The molecule has 0 aliphatic carbocycles. The van der Waals surface area contributed by atoms with Gasteiger partial charge in [0.2, 0.25) is 5.91 Å². The number of carbonyl (C=O) groups excluding carboxylic acids is 2. The molecule has 2 aromatic rings. The lowest BCUT2D eigenvalue weighted by Crippen LogP contribution is -2.36. The first-order valence-electron chi connectivity index (χ1n) is 8.19. The molecule has 1 saturated heterocycles. The quantitative estimate of drug-likeness (QED) is 0.854. The Morgan fingerprint density at radius 3 is 2.92 bits per heavy atom. The van der Waals surface area contributed by atoms with E-state index in [2.05, 4.69) is 5.32 Å². The summed E-state index contributed by atoms with van der Waals surface area (Å²) in [5.41, 5.74) is 1.30. The minimum atomic E-state index is -0.435. The van der Waals surface area contributed by atoms with E-state index in [9.17, 15) is 9.59 Å². The van der Waals surface area contributed by atoms with Gasteiger partial charge in [-0.25, -0.2) is 4.79 Å². The molecule has 1 amide bonds. The van der Waals surface area contributed by atoms with Crippen LogP contribution in [0.3, 0.4) is 0 Å². The van der Waals surface area contributed by atoms with Crippen molar-refractivity contribution in [2.24, 2.45) is 0 Å². The molecule has 24 heavy (non-hydrogen) atoms. The van der Waals surface area contributed by atoms with Gasteiger partial charge in [0.25, 0.3) is 0 Å². The van der Waals surface area contributed by atoms with Crippen LogP contribution in [0.4, 0.5) is 0 Å². The first kappa shape index (κ1) is 16.5. The minimum Gasteiger partial charge on any atom is -0.465 e. The second kappa shape index (κ2) is 7.05. The highest BCUT2D eigenvalue weighted by molar-refractivity contribution is 6.04. The molecule has 1 fully saturated rings. The number of methoxy groups -OCH3 is 1. The average molecular weight is 330 g/mol. The van der Waals surface area contributed by atoms with Crippen LogP contribution in [-0.4, -0.2) is 42.8 Å². The summed E-state index contributed by atoms with van der Waals surface area (Å²) < 4.78 is 12.2. The molecule has 1 aliphatic heterocycles. The molecule has 1 aromatic heterocycles. The number of rotatable bonds is 5. The second-order valence-electron chi connectivity index (χ2n) is 6.01. The van der Waals surface area contributed by atoms with Crippen LogP contribution >= 0.6 is 0 Å². The largest absolute Gasteiger partial charge is 0.465 e. The molecule has 2 atom stereocenters. The number of benzene rings is 1. The summed E-state index contributed by atoms with van der Waals surface area (Å²) >= 11 is 0. The van der Waals surface area contributed by atoms with Crippen molar-refractivity contribution in [3.63, 3.8) is 0 Å². The summed E-state index contributed by atoms with van der Waals surface area (Å²) in [5.74, 6) is -0.500. The summed E-state index contributed by atoms with van der Waals surface area (Å²) in [7, 11) is 1.35. The number of nitrogens with zero attached hydrogens (tertiary/aromatic N) is 1. The SMILES string of the molecule is COC(=O)c1cn([C@H](C)C(=O)NC[C@@H]2CCCO2)c2ccccc12. The summed E-state index contributed by atoms with van der Waals surface area (Å²) in [6.45, 7) is 3.10. The third-order valence-electron chi connectivity index (χ3n) is 4.47. The predicted molar refractivity (Wildman–Crippen MR) is 90.0 cm³/mol. The fourth-order valence-electron chi connectivity index (χ4n) is 3.09. The van der Waals surface area contributed by atoms with Crippen LogP contribution in [0.2, 0.25) is 0 Å². The van der Waals surface area contributed by atoms with E-state index in [1.54, 1.807) is 6.20 Å². The number of nitrogens with one attached hydrogen (secondary N) is 1. The van der Waals surface area contributed by atoms with Gasteiger partial charge in [-0.1, -0.05) is 18.2 Å². The van der Waals surface area contributed by atoms with Crippen molar-refractivity contribution in [2.45, 2.75) is 31.9 Å². The number of hydrogen-bond acceptors (Lipinski definition) is 4. The maximum atomic E-state index is 12.5. The number of para-hydroxylation sites is 1. The normalized spacial score (nSPS) is 18.5. The zero-order chi connectivity index (χ0) is 17.1. The Labute approximate surface area is 140 Å². The Kier molecular flexibility index (Phi) is 4.85. The molecule has 0 spiro atoms. The van der Waals surface area contributed by atoms with Crippen molar-refractivity contribution in [1.29, 1.82) is 0 Å². The minimum absolute atomic E-state index is 0.0948. The van der Waals surface area contributed by atoms with Crippen LogP contribution in [0.5, 0.6) is 0 Å².